The fraction of sp³-hybridized carbons (Fsp3) is 0.133. The van der Waals surface area contributed by atoms with Crippen molar-refractivity contribution in [2.45, 2.75) is 0 Å². The molecular weight excluding hydrogens is 272 g/mol. The molecule has 1 heterocycles. The Morgan fingerprint density at radius 1 is 1.10 bits per heavy atom. The van der Waals surface area contributed by atoms with Gasteiger partial charge in [0.05, 0.1) is 12.7 Å². The summed E-state index contributed by atoms with van der Waals surface area (Å²) in [5.74, 6) is 0.201. The van der Waals surface area contributed by atoms with Crippen molar-refractivity contribution in [2.24, 2.45) is 5.16 Å². The highest BCUT2D eigenvalue weighted by Gasteiger charge is 2.21. The molecule has 6 heteroatoms. The number of carbonyl (C=O) groups is 1. The van der Waals surface area contributed by atoms with Crippen LogP contribution in [0.3, 0.4) is 0 Å². The summed E-state index contributed by atoms with van der Waals surface area (Å²) < 4.78 is 10.4. The summed E-state index contributed by atoms with van der Waals surface area (Å²) in [6.07, 6.45) is 1.56. The second-order valence-corrected chi connectivity index (χ2v) is 3.89. The van der Waals surface area contributed by atoms with E-state index in [2.05, 4.69) is 10.1 Å². The summed E-state index contributed by atoms with van der Waals surface area (Å²) in [4.78, 5) is 20.6. The number of ether oxygens (including phenoxy) is 2. The number of esters is 1. The second-order valence-electron chi connectivity index (χ2n) is 3.89. The fourth-order valence-electron chi connectivity index (χ4n) is 1.64. The van der Waals surface area contributed by atoms with Gasteiger partial charge in [-0.05, 0) is 24.3 Å². The van der Waals surface area contributed by atoms with E-state index < -0.39 is 5.97 Å². The lowest BCUT2D eigenvalue weighted by molar-refractivity contribution is -0.132. The molecule has 0 radical (unpaired) electrons. The van der Waals surface area contributed by atoms with Crippen LogP contribution in [0.1, 0.15) is 5.56 Å². The first kappa shape index (κ1) is 14.5. The zero-order valence-electron chi connectivity index (χ0n) is 11.6. The van der Waals surface area contributed by atoms with Gasteiger partial charge in [-0.15, -0.1) is 0 Å². The lowest BCUT2D eigenvalue weighted by Gasteiger charge is -2.10. The van der Waals surface area contributed by atoms with Gasteiger partial charge in [0.1, 0.15) is 12.9 Å². The maximum atomic E-state index is 11.8. The third-order valence-electron chi connectivity index (χ3n) is 2.55. The van der Waals surface area contributed by atoms with Crippen molar-refractivity contribution in [1.82, 2.24) is 4.98 Å². The highest BCUT2D eigenvalue weighted by molar-refractivity contribution is 6.43. The van der Waals surface area contributed by atoms with Crippen LogP contribution in [-0.2, 0) is 14.4 Å². The molecule has 0 saturated carbocycles. The number of methoxy groups -OCH3 is 1. The number of oxime groups is 1. The lowest BCUT2D eigenvalue weighted by atomic mass is 10.1. The number of para-hydroxylation sites is 1. The number of hydrogen-bond donors (Lipinski definition) is 0. The third-order valence-corrected chi connectivity index (χ3v) is 2.55. The molecule has 2 aromatic rings. The standard InChI is InChI=1S/C15H14N2O4/c1-19-15(18)13(17-20-2)12-9-6-10-16-14(12)21-11-7-4-3-5-8-11/h3-10H,1-2H3/b17-13-. The number of aromatic nitrogens is 1. The summed E-state index contributed by atoms with van der Waals surface area (Å²) in [5.41, 5.74) is 0.370. The topological polar surface area (TPSA) is 70.0 Å². The Kier molecular flexibility index (Phi) is 4.87. The first-order chi connectivity index (χ1) is 10.3. The highest BCUT2D eigenvalue weighted by Crippen LogP contribution is 2.23. The minimum Gasteiger partial charge on any atom is -0.464 e. The van der Waals surface area contributed by atoms with Gasteiger partial charge in [-0.25, -0.2) is 9.78 Å². The van der Waals surface area contributed by atoms with Crippen LogP contribution in [0, 0.1) is 0 Å². The van der Waals surface area contributed by atoms with Crippen LogP contribution in [0.15, 0.2) is 53.8 Å². The summed E-state index contributed by atoms with van der Waals surface area (Å²) in [6.45, 7) is 0. The summed E-state index contributed by atoms with van der Waals surface area (Å²) >= 11 is 0. The maximum Gasteiger partial charge on any atom is 0.360 e. The zero-order valence-corrected chi connectivity index (χ0v) is 11.6. The van der Waals surface area contributed by atoms with E-state index in [4.69, 9.17) is 14.3 Å². The van der Waals surface area contributed by atoms with Gasteiger partial charge in [-0.3, -0.25) is 0 Å². The molecule has 0 fully saturated rings. The molecule has 1 aromatic heterocycles. The molecule has 21 heavy (non-hydrogen) atoms. The van der Waals surface area contributed by atoms with E-state index in [9.17, 15) is 4.79 Å². The number of nitrogens with zero attached hydrogens (tertiary/aromatic N) is 2. The Morgan fingerprint density at radius 2 is 1.86 bits per heavy atom. The van der Waals surface area contributed by atoms with Gasteiger partial charge in [0.25, 0.3) is 0 Å². The molecule has 0 unspecified atom stereocenters. The van der Waals surface area contributed by atoms with Gasteiger partial charge in [0.2, 0.25) is 5.88 Å². The average Bonchev–Trinajstić information content (AvgIpc) is 2.54. The molecule has 0 spiro atoms. The summed E-state index contributed by atoms with van der Waals surface area (Å²) in [5, 5.41) is 3.69. The molecule has 0 amide bonds. The van der Waals surface area contributed by atoms with Crippen molar-refractivity contribution in [2.75, 3.05) is 14.2 Å². The molecular formula is C15H14N2O4. The monoisotopic (exact) mass is 286 g/mol. The van der Waals surface area contributed by atoms with Gasteiger partial charge in [0, 0.05) is 6.20 Å². The third kappa shape index (κ3) is 3.56. The molecule has 0 aliphatic heterocycles. The van der Waals surface area contributed by atoms with Crippen molar-refractivity contribution >= 4 is 11.7 Å². The maximum absolute atomic E-state index is 11.8. The van der Waals surface area contributed by atoms with Gasteiger partial charge in [-0.1, -0.05) is 23.4 Å². The molecule has 0 atom stereocenters. The van der Waals surface area contributed by atoms with E-state index in [0.717, 1.165) is 0 Å². The van der Waals surface area contributed by atoms with Crippen molar-refractivity contribution < 1.29 is 19.1 Å². The summed E-state index contributed by atoms with van der Waals surface area (Å²) in [7, 11) is 2.61. The minimum atomic E-state index is -0.636. The first-order valence-corrected chi connectivity index (χ1v) is 6.14. The van der Waals surface area contributed by atoms with E-state index in [1.54, 1.807) is 30.5 Å². The van der Waals surface area contributed by atoms with Gasteiger partial charge >= 0.3 is 5.97 Å². The molecule has 6 nitrogen and oxygen atoms in total. The molecule has 0 bridgehead atoms. The van der Waals surface area contributed by atoms with E-state index >= 15 is 0 Å². The van der Waals surface area contributed by atoms with Crippen molar-refractivity contribution in [1.29, 1.82) is 0 Å². The summed E-state index contributed by atoms with van der Waals surface area (Å²) in [6, 6.07) is 12.4. The highest BCUT2D eigenvalue weighted by atomic mass is 16.6. The smallest absolute Gasteiger partial charge is 0.360 e. The Labute approximate surface area is 122 Å². The Bertz CT molecular complexity index is 641. The average molecular weight is 286 g/mol. The van der Waals surface area contributed by atoms with E-state index in [-0.39, 0.29) is 11.6 Å². The molecule has 0 saturated heterocycles. The Morgan fingerprint density at radius 3 is 2.52 bits per heavy atom. The number of hydrogen-bond acceptors (Lipinski definition) is 6. The minimum absolute atomic E-state index is 0.0148. The second kappa shape index (κ2) is 7.04. The zero-order chi connectivity index (χ0) is 15.1. The van der Waals surface area contributed by atoms with Crippen molar-refractivity contribution in [3.8, 4) is 11.6 Å². The molecule has 2 rings (SSSR count). The van der Waals surface area contributed by atoms with Crippen LogP contribution >= 0.6 is 0 Å². The quantitative estimate of drug-likeness (QED) is 0.479. The van der Waals surface area contributed by atoms with Crippen LogP contribution in [0.2, 0.25) is 0 Å². The predicted molar refractivity (Wildman–Crippen MR) is 76.3 cm³/mol. The van der Waals surface area contributed by atoms with Crippen molar-refractivity contribution in [3.05, 3.63) is 54.2 Å². The fourth-order valence-corrected chi connectivity index (χ4v) is 1.64. The largest absolute Gasteiger partial charge is 0.464 e. The number of benzene rings is 1. The molecule has 0 N–H and O–H groups in total. The molecule has 1 aromatic carbocycles. The van der Waals surface area contributed by atoms with Crippen LogP contribution in [0.5, 0.6) is 11.6 Å². The van der Waals surface area contributed by atoms with E-state index in [1.807, 2.05) is 18.2 Å². The SMILES string of the molecule is CO/N=C(\C(=O)OC)c1cccnc1Oc1ccccc1. The number of rotatable bonds is 5. The van der Waals surface area contributed by atoms with E-state index in [0.29, 0.717) is 11.3 Å². The number of carbonyl (C=O) groups excluding carboxylic acids is 1. The Hall–Kier alpha value is -2.89. The molecule has 108 valence electrons. The van der Waals surface area contributed by atoms with Crippen LogP contribution in [0.4, 0.5) is 0 Å². The number of pyridine rings is 1. The normalized spacial score (nSPS) is 10.9. The predicted octanol–water partition coefficient (Wildman–Crippen LogP) is 2.40. The van der Waals surface area contributed by atoms with Crippen LogP contribution in [-0.4, -0.2) is 30.9 Å². The first-order valence-electron chi connectivity index (χ1n) is 6.14. The van der Waals surface area contributed by atoms with Gasteiger partial charge < -0.3 is 14.3 Å². The van der Waals surface area contributed by atoms with Gasteiger partial charge in [0.15, 0.2) is 5.71 Å². The molecule has 0 aliphatic carbocycles. The van der Waals surface area contributed by atoms with Gasteiger partial charge in [-0.2, -0.15) is 0 Å². The Balaban J connectivity index is 2.40. The lowest BCUT2D eigenvalue weighted by Crippen LogP contribution is -2.18. The van der Waals surface area contributed by atoms with Crippen LogP contribution in [0.25, 0.3) is 0 Å². The van der Waals surface area contributed by atoms with Crippen LogP contribution < -0.4 is 4.74 Å². The van der Waals surface area contributed by atoms with Crippen molar-refractivity contribution in [3.63, 3.8) is 0 Å². The molecule has 0 aliphatic rings. The van der Waals surface area contributed by atoms with E-state index in [1.165, 1.54) is 14.2 Å².